The Kier molecular flexibility index (Phi) is 21.1. The molecule has 3 aromatic rings. The molecule has 3 aromatic carbocycles. The molecule has 0 radical (unpaired) electrons. The molecule has 4 aliphatic rings. The number of fused-ring (bicyclic) bond motifs is 1. The van der Waals surface area contributed by atoms with Gasteiger partial charge in [-0.15, -0.1) is 11.8 Å². The number of hydrogen-bond donors (Lipinski definition) is 5. The van der Waals surface area contributed by atoms with Gasteiger partial charge in [0, 0.05) is 66.0 Å². The molecule has 0 unspecified atom stereocenters. The standard InChI is InChI=1S/C60H78N6O14S/c1-9-60(4,5)53(69)57(73)65-28-14-11-21-44(65)59(76)80-45(24-22-37-23-25-46(77-7)47(29-37)78-8)38-17-16-20-41(31-38)79-34-48(68)61-26-12-10-13-27-64(6)55(71)39-18-15-19-40(30-39)63-54(70)43-32-42(33-62-43)81-52-35(2)50-49(36(3)67)56(72)66(50)51(52)58(74)75/h15-20,23,25,29-31,35-36,42-45,49-50,62,67H,9-14,21-22,24,26-28,32-34H2,1-8H3,(H,61,68)(H,63,70)(H,74,75)/t35-,36-,42+,43+,44+,45-,49-,50-/m1/s1. The van der Waals surface area contributed by atoms with Crippen molar-refractivity contribution in [3.63, 3.8) is 0 Å². The Morgan fingerprint density at radius 2 is 1.70 bits per heavy atom. The number of esters is 1. The molecule has 4 aliphatic heterocycles. The minimum Gasteiger partial charge on any atom is -0.493 e. The molecule has 0 saturated carbocycles. The molecule has 81 heavy (non-hydrogen) atoms. The third-order valence-electron chi connectivity index (χ3n) is 16.0. The van der Waals surface area contributed by atoms with E-state index in [1.54, 1.807) is 88.5 Å². The van der Waals surface area contributed by atoms with Gasteiger partial charge in [-0.25, -0.2) is 9.59 Å². The number of aryl methyl sites for hydroxylation is 1. The van der Waals surface area contributed by atoms with Crippen LogP contribution in [0.3, 0.4) is 0 Å². The number of carboxylic acid groups (broad SMARTS) is 1. The van der Waals surface area contributed by atoms with E-state index in [4.69, 9.17) is 18.9 Å². The van der Waals surface area contributed by atoms with E-state index >= 15 is 0 Å². The maximum atomic E-state index is 14.1. The Labute approximate surface area is 478 Å². The topological polar surface area (TPSA) is 260 Å². The number of aliphatic hydroxyl groups is 1. The van der Waals surface area contributed by atoms with Crippen molar-refractivity contribution >= 4 is 64.7 Å². The minimum absolute atomic E-state index is 0.0473. The van der Waals surface area contributed by atoms with Gasteiger partial charge in [-0.1, -0.05) is 52.0 Å². The van der Waals surface area contributed by atoms with Crippen LogP contribution in [0.5, 0.6) is 17.2 Å². The maximum Gasteiger partial charge on any atom is 0.353 e. The van der Waals surface area contributed by atoms with Gasteiger partial charge in [0.1, 0.15) is 23.6 Å². The molecule has 4 heterocycles. The number of unbranched alkanes of at least 4 members (excludes halogenated alkanes) is 2. The number of carbonyl (C=O) groups excluding carboxylic acids is 7. The second kappa shape index (κ2) is 27.7. The number of amides is 5. The number of anilines is 1. The molecule has 0 aromatic heterocycles. The van der Waals surface area contributed by atoms with E-state index in [-0.39, 0.29) is 47.7 Å². The number of benzene rings is 3. The predicted octanol–water partition coefficient (Wildman–Crippen LogP) is 6.30. The quantitative estimate of drug-likeness (QED) is 0.0243. The Bertz CT molecular complexity index is 2860. The molecule has 0 bridgehead atoms. The first-order valence-corrected chi connectivity index (χ1v) is 28.9. The smallest absolute Gasteiger partial charge is 0.353 e. The number of carbonyl (C=O) groups is 8. The fraction of sp³-hybridized carbons (Fsp3) is 0.533. The van der Waals surface area contributed by atoms with Crippen LogP contribution in [0.2, 0.25) is 0 Å². The van der Waals surface area contributed by atoms with Crippen molar-refractivity contribution in [1.82, 2.24) is 25.3 Å². The number of likely N-dealkylation sites (tertiary alicyclic amines) is 1. The average Bonchev–Trinajstić information content (AvgIpc) is 2.18. The number of aliphatic hydroxyl groups excluding tert-OH is 1. The zero-order valence-electron chi connectivity index (χ0n) is 47.6. The molecule has 3 saturated heterocycles. The number of hydrogen-bond acceptors (Lipinski definition) is 15. The van der Waals surface area contributed by atoms with Crippen LogP contribution in [0.25, 0.3) is 0 Å². The highest BCUT2D eigenvalue weighted by Crippen LogP contribution is 2.52. The first-order valence-electron chi connectivity index (χ1n) is 28.0. The van der Waals surface area contributed by atoms with E-state index in [1.165, 1.54) is 28.5 Å². The summed E-state index contributed by atoms with van der Waals surface area (Å²) in [5.41, 5.74) is 1.46. The number of methoxy groups -OCH3 is 2. The number of Topliss-reactive ketones (excluding diaryl/α,β-unsaturated/α-hetero) is 1. The molecule has 7 rings (SSSR count). The Hall–Kier alpha value is -6.97. The third kappa shape index (κ3) is 14.8. The molecule has 3 fully saturated rings. The normalized spacial score (nSPS) is 21.3. The number of rotatable bonds is 27. The molecule has 20 nitrogen and oxygen atoms in total. The summed E-state index contributed by atoms with van der Waals surface area (Å²) in [6, 6.07) is 17.4. The van der Waals surface area contributed by atoms with Crippen molar-refractivity contribution in [3.8, 4) is 17.2 Å². The van der Waals surface area contributed by atoms with Crippen molar-refractivity contribution < 1.29 is 67.5 Å². The van der Waals surface area contributed by atoms with Crippen LogP contribution in [0.4, 0.5) is 5.69 Å². The van der Waals surface area contributed by atoms with Crippen LogP contribution in [0, 0.1) is 17.3 Å². The number of ether oxygens (including phenoxy) is 4. The van der Waals surface area contributed by atoms with Gasteiger partial charge in [0.25, 0.3) is 17.7 Å². The highest BCUT2D eigenvalue weighted by Gasteiger charge is 2.60. The van der Waals surface area contributed by atoms with Crippen LogP contribution in [-0.2, 0) is 44.7 Å². The fourth-order valence-corrected chi connectivity index (χ4v) is 12.3. The number of thioether (sulfide) groups is 1. The van der Waals surface area contributed by atoms with Crippen LogP contribution in [0.15, 0.2) is 77.3 Å². The van der Waals surface area contributed by atoms with Crippen LogP contribution < -0.4 is 30.2 Å². The summed E-state index contributed by atoms with van der Waals surface area (Å²) in [5.74, 6) is -3.66. The minimum atomic E-state index is -1.20. The number of carboxylic acids is 1. The largest absolute Gasteiger partial charge is 0.493 e. The monoisotopic (exact) mass is 1140 g/mol. The summed E-state index contributed by atoms with van der Waals surface area (Å²) < 4.78 is 23.1. The highest BCUT2D eigenvalue weighted by atomic mass is 32.2. The molecule has 8 atom stereocenters. The summed E-state index contributed by atoms with van der Waals surface area (Å²) in [5, 5.41) is 29.1. The first kappa shape index (κ1) is 61.6. The van der Waals surface area contributed by atoms with Gasteiger partial charge in [0.15, 0.2) is 18.1 Å². The SMILES string of the molecule is CCC(C)(C)C(=O)C(=O)N1CCCC[C@H]1C(=O)O[C@H](CCc1ccc(OC)c(OC)c1)c1cccc(OCC(=O)NCCCCCN(C)C(=O)c2cccc(NC(=O)[C@@H]3C[C@H](SC4=C(C(=O)O)N5C(=O)[C@H]([C@@H](C)O)[C@H]5[C@H]4C)CN3)c2)c1. The first-order chi connectivity index (χ1) is 38.7. The van der Waals surface area contributed by atoms with Crippen LogP contribution in [-0.4, -0.2) is 156 Å². The second-order valence-corrected chi connectivity index (χ2v) is 23.3. The van der Waals surface area contributed by atoms with Gasteiger partial charge >= 0.3 is 11.9 Å². The summed E-state index contributed by atoms with van der Waals surface area (Å²) in [4.78, 5) is 111. The highest BCUT2D eigenvalue weighted by molar-refractivity contribution is 8.03. The Morgan fingerprint density at radius 3 is 2.42 bits per heavy atom. The molecular weight excluding hydrogens is 1060 g/mol. The molecule has 5 amide bonds. The van der Waals surface area contributed by atoms with E-state index < -0.39 is 71.2 Å². The maximum absolute atomic E-state index is 14.1. The van der Waals surface area contributed by atoms with E-state index in [1.807, 2.05) is 32.0 Å². The number of piperidine rings is 1. The Morgan fingerprint density at radius 1 is 0.951 bits per heavy atom. The molecule has 0 spiro atoms. The molecule has 438 valence electrons. The number of nitrogens with one attached hydrogen (secondary N) is 3. The number of ketones is 1. The zero-order chi connectivity index (χ0) is 58.7. The van der Waals surface area contributed by atoms with Gasteiger partial charge in [0.05, 0.1) is 38.3 Å². The Balaban J connectivity index is 0.853. The van der Waals surface area contributed by atoms with Gasteiger partial charge in [-0.2, -0.15) is 0 Å². The molecular formula is C60H78N6O14S. The molecule has 5 N–H and O–H groups in total. The lowest BCUT2D eigenvalue weighted by Gasteiger charge is -2.46. The van der Waals surface area contributed by atoms with Gasteiger partial charge in [-0.05, 0) is 125 Å². The van der Waals surface area contributed by atoms with Crippen molar-refractivity contribution in [1.29, 1.82) is 0 Å². The van der Waals surface area contributed by atoms with E-state index in [0.717, 1.165) is 12.0 Å². The van der Waals surface area contributed by atoms with E-state index in [2.05, 4.69) is 16.0 Å². The predicted molar refractivity (Wildman–Crippen MR) is 303 cm³/mol. The molecule has 21 heteroatoms. The van der Waals surface area contributed by atoms with E-state index in [0.29, 0.717) is 116 Å². The summed E-state index contributed by atoms with van der Waals surface area (Å²) in [7, 11) is 4.82. The van der Waals surface area contributed by atoms with Crippen molar-refractivity contribution in [3.05, 3.63) is 94.0 Å². The number of nitrogens with zero attached hydrogens (tertiary/aromatic N) is 3. The van der Waals surface area contributed by atoms with Crippen molar-refractivity contribution in [2.45, 2.75) is 134 Å². The number of β-lactam (4-membered cyclic amide) rings is 1. The van der Waals surface area contributed by atoms with Crippen LogP contribution >= 0.6 is 11.8 Å². The van der Waals surface area contributed by atoms with Crippen LogP contribution in [0.1, 0.15) is 120 Å². The van der Waals surface area contributed by atoms with Crippen molar-refractivity contribution in [2.24, 2.45) is 17.3 Å². The van der Waals surface area contributed by atoms with Gasteiger partial charge in [-0.3, -0.25) is 28.8 Å². The molecule has 0 aliphatic carbocycles. The van der Waals surface area contributed by atoms with Crippen molar-refractivity contribution in [2.75, 3.05) is 59.4 Å². The average molecular weight is 1140 g/mol. The lowest BCUT2D eigenvalue weighted by atomic mass is 9.79. The zero-order valence-corrected chi connectivity index (χ0v) is 48.4. The summed E-state index contributed by atoms with van der Waals surface area (Å²) in [6.45, 7) is 10.0. The van der Waals surface area contributed by atoms with E-state index in [9.17, 15) is 48.6 Å². The van der Waals surface area contributed by atoms with Gasteiger partial charge < -0.3 is 59.8 Å². The third-order valence-corrected chi connectivity index (χ3v) is 17.5. The van der Waals surface area contributed by atoms with Gasteiger partial charge in [0.2, 0.25) is 17.6 Å². The lowest BCUT2D eigenvalue weighted by molar-refractivity contribution is -0.164. The second-order valence-electron chi connectivity index (χ2n) is 22.0. The summed E-state index contributed by atoms with van der Waals surface area (Å²) in [6.07, 6.45) is 3.82. The summed E-state index contributed by atoms with van der Waals surface area (Å²) >= 11 is 1.36. The fourth-order valence-electron chi connectivity index (χ4n) is 10.9. The lowest BCUT2D eigenvalue weighted by Crippen LogP contribution is -2.63. The number of aliphatic carboxylic acids is 1.